The van der Waals surface area contributed by atoms with Gasteiger partial charge >= 0.3 is 0 Å². The van der Waals surface area contributed by atoms with Crippen molar-refractivity contribution >= 4 is 22.6 Å². The lowest BCUT2D eigenvalue weighted by Gasteiger charge is -2.10. The standard InChI is InChI=1S/C9H18IN/c1-8-4-5-9(10)3-2-6-11-7-8/h8-9,11H,2-7H2,1H3/t8-,9?/m0/s1. The lowest BCUT2D eigenvalue weighted by molar-refractivity contribution is 0.485. The molecule has 0 saturated carbocycles. The molecule has 0 amide bonds. The van der Waals surface area contributed by atoms with E-state index in [1.54, 1.807) is 0 Å². The van der Waals surface area contributed by atoms with Crippen molar-refractivity contribution in [3.05, 3.63) is 0 Å². The Hall–Kier alpha value is 0.690. The van der Waals surface area contributed by atoms with Crippen molar-refractivity contribution in [2.24, 2.45) is 5.92 Å². The van der Waals surface area contributed by atoms with Gasteiger partial charge in [0, 0.05) is 3.92 Å². The molecule has 66 valence electrons. The van der Waals surface area contributed by atoms with E-state index in [4.69, 9.17) is 0 Å². The van der Waals surface area contributed by atoms with Crippen LogP contribution in [0.3, 0.4) is 0 Å². The first-order valence-corrected chi connectivity index (χ1v) is 5.88. The first-order valence-electron chi connectivity index (χ1n) is 4.64. The fraction of sp³-hybridized carbons (Fsp3) is 1.00. The van der Waals surface area contributed by atoms with Crippen molar-refractivity contribution < 1.29 is 0 Å². The Kier molecular flexibility index (Phi) is 4.76. The molecule has 1 nitrogen and oxygen atoms in total. The van der Waals surface area contributed by atoms with Gasteiger partial charge in [0.1, 0.15) is 0 Å². The second-order valence-electron chi connectivity index (χ2n) is 3.63. The van der Waals surface area contributed by atoms with Gasteiger partial charge in [-0.1, -0.05) is 29.5 Å². The Labute approximate surface area is 83.5 Å². The van der Waals surface area contributed by atoms with Crippen LogP contribution in [0.1, 0.15) is 32.6 Å². The summed E-state index contributed by atoms with van der Waals surface area (Å²) in [6, 6.07) is 0. The summed E-state index contributed by atoms with van der Waals surface area (Å²) in [6.07, 6.45) is 5.59. The normalized spacial score (nSPS) is 35.5. The van der Waals surface area contributed by atoms with Crippen LogP contribution in [0.25, 0.3) is 0 Å². The second kappa shape index (κ2) is 5.36. The van der Waals surface area contributed by atoms with Gasteiger partial charge < -0.3 is 5.32 Å². The molecule has 0 aromatic carbocycles. The monoisotopic (exact) mass is 267 g/mol. The van der Waals surface area contributed by atoms with Crippen LogP contribution in [0.4, 0.5) is 0 Å². The van der Waals surface area contributed by atoms with Crippen LogP contribution in [0.15, 0.2) is 0 Å². The highest BCUT2D eigenvalue weighted by atomic mass is 127. The highest BCUT2D eigenvalue weighted by Crippen LogP contribution is 2.19. The van der Waals surface area contributed by atoms with Gasteiger partial charge in [0.2, 0.25) is 0 Å². The third-order valence-corrected chi connectivity index (χ3v) is 3.58. The average molecular weight is 267 g/mol. The molecule has 0 aromatic rings. The molecule has 1 heterocycles. The van der Waals surface area contributed by atoms with Crippen molar-refractivity contribution in [2.75, 3.05) is 13.1 Å². The SMILES string of the molecule is C[C@H]1CCC(I)CCCNC1. The van der Waals surface area contributed by atoms with Gasteiger partial charge in [-0.15, -0.1) is 0 Å². The summed E-state index contributed by atoms with van der Waals surface area (Å²) >= 11 is 2.60. The summed E-state index contributed by atoms with van der Waals surface area (Å²) in [4.78, 5) is 0. The summed E-state index contributed by atoms with van der Waals surface area (Å²) < 4.78 is 0.926. The smallest absolute Gasteiger partial charge is 0.0110 e. The highest BCUT2D eigenvalue weighted by Gasteiger charge is 2.09. The van der Waals surface area contributed by atoms with E-state index in [2.05, 4.69) is 34.8 Å². The van der Waals surface area contributed by atoms with Gasteiger partial charge in [-0.2, -0.15) is 0 Å². The lowest BCUT2D eigenvalue weighted by atomic mass is 10.0. The molecule has 1 aliphatic heterocycles. The van der Waals surface area contributed by atoms with Crippen LogP contribution < -0.4 is 5.32 Å². The summed E-state index contributed by atoms with van der Waals surface area (Å²) in [6.45, 7) is 4.80. The maximum atomic E-state index is 3.49. The number of rotatable bonds is 0. The van der Waals surface area contributed by atoms with Gasteiger partial charge in [0.05, 0.1) is 0 Å². The van der Waals surface area contributed by atoms with Gasteiger partial charge in [0.15, 0.2) is 0 Å². The van der Waals surface area contributed by atoms with E-state index in [-0.39, 0.29) is 0 Å². The quantitative estimate of drug-likeness (QED) is 0.525. The molecule has 1 saturated heterocycles. The predicted octanol–water partition coefficient (Wildman–Crippen LogP) is 2.59. The predicted molar refractivity (Wildman–Crippen MR) is 58.3 cm³/mol. The first kappa shape index (κ1) is 9.78. The molecule has 11 heavy (non-hydrogen) atoms. The topological polar surface area (TPSA) is 12.0 Å². The minimum Gasteiger partial charge on any atom is -0.316 e. The molecule has 1 N–H and O–H groups in total. The average Bonchev–Trinajstić information content (AvgIpc) is 2.06. The van der Waals surface area contributed by atoms with Crippen LogP contribution in [0, 0.1) is 5.92 Å². The zero-order valence-electron chi connectivity index (χ0n) is 7.28. The molecular weight excluding hydrogens is 249 g/mol. The number of alkyl halides is 1. The van der Waals surface area contributed by atoms with E-state index in [1.807, 2.05) is 0 Å². The molecule has 1 aliphatic rings. The van der Waals surface area contributed by atoms with Crippen molar-refractivity contribution in [3.8, 4) is 0 Å². The van der Waals surface area contributed by atoms with Crippen molar-refractivity contribution in [1.29, 1.82) is 0 Å². The van der Waals surface area contributed by atoms with Crippen LogP contribution in [0.2, 0.25) is 0 Å². The van der Waals surface area contributed by atoms with Gasteiger partial charge in [-0.3, -0.25) is 0 Å². The van der Waals surface area contributed by atoms with E-state index < -0.39 is 0 Å². The van der Waals surface area contributed by atoms with Crippen LogP contribution in [-0.2, 0) is 0 Å². The molecule has 1 rings (SSSR count). The third-order valence-electron chi connectivity index (χ3n) is 2.34. The largest absolute Gasteiger partial charge is 0.316 e. The Morgan fingerprint density at radius 3 is 2.91 bits per heavy atom. The summed E-state index contributed by atoms with van der Waals surface area (Å²) in [7, 11) is 0. The summed E-state index contributed by atoms with van der Waals surface area (Å²) in [5, 5.41) is 3.49. The van der Waals surface area contributed by atoms with E-state index in [9.17, 15) is 0 Å². The molecule has 2 atom stereocenters. The van der Waals surface area contributed by atoms with Crippen molar-refractivity contribution in [1.82, 2.24) is 5.32 Å². The molecule has 0 spiro atoms. The van der Waals surface area contributed by atoms with E-state index in [0.29, 0.717) is 0 Å². The summed E-state index contributed by atoms with van der Waals surface area (Å²) in [5.41, 5.74) is 0. The third kappa shape index (κ3) is 4.31. The fourth-order valence-electron chi connectivity index (χ4n) is 1.51. The maximum Gasteiger partial charge on any atom is 0.0110 e. The molecule has 2 heteroatoms. The zero-order chi connectivity index (χ0) is 8.10. The van der Waals surface area contributed by atoms with E-state index in [1.165, 1.54) is 38.8 Å². The maximum absolute atomic E-state index is 3.49. The zero-order valence-corrected chi connectivity index (χ0v) is 9.43. The van der Waals surface area contributed by atoms with Gasteiger partial charge in [-0.25, -0.2) is 0 Å². The van der Waals surface area contributed by atoms with Crippen molar-refractivity contribution in [3.63, 3.8) is 0 Å². The molecule has 0 aromatic heterocycles. The minimum absolute atomic E-state index is 0.880. The lowest BCUT2D eigenvalue weighted by Crippen LogP contribution is -2.21. The van der Waals surface area contributed by atoms with Gasteiger partial charge in [-0.05, 0) is 44.7 Å². The molecule has 0 aliphatic carbocycles. The van der Waals surface area contributed by atoms with E-state index in [0.717, 1.165) is 9.84 Å². The molecule has 0 bridgehead atoms. The minimum atomic E-state index is 0.880. The number of hydrogen-bond donors (Lipinski definition) is 1. The molecular formula is C9H18IN. The Morgan fingerprint density at radius 2 is 2.09 bits per heavy atom. The Morgan fingerprint density at radius 1 is 1.27 bits per heavy atom. The number of halogens is 1. The van der Waals surface area contributed by atoms with Crippen LogP contribution in [-0.4, -0.2) is 17.0 Å². The van der Waals surface area contributed by atoms with E-state index >= 15 is 0 Å². The summed E-state index contributed by atoms with van der Waals surface area (Å²) in [5.74, 6) is 0.880. The first-order chi connectivity index (χ1) is 5.29. The molecule has 0 radical (unpaired) electrons. The van der Waals surface area contributed by atoms with Crippen molar-refractivity contribution in [2.45, 2.75) is 36.5 Å². The highest BCUT2D eigenvalue weighted by molar-refractivity contribution is 14.1. The van der Waals surface area contributed by atoms with Gasteiger partial charge in [0.25, 0.3) is 0 Å². The second-order valence-corrected chi connectivity index (χ2v) is 5.39. The number of nitrogens with one attached hydrogen (secondary N) is 1. The number of hydrogen-bond acceptors (Lipinski definition) is 1. The molecule has 1 fully saturated rings. The Bertz CT molecular complexity index is 93.7. The fourth-order valence-corrected chi connectivity index (χ4v) is 2.31. The Balaban J connectivity index is 2.25. The van der Waals surface area contributed by atoms with Crippen LogP contribution >= 0.6 is 22.6 Å². The van der Waals surface area contributed by atoms with Crippen LogP contribution in [0.5, 0.6) is 0 Å². The molecule has 1 unspecified atom stereocenters.